The normalized spacial score (nSPS) is 12.1. The van der Waals surface area contributed by atoms with E-state index in [4.69, 9.17) is 0 Å². The highest BCUT2D eigenvalue weighted by Crippen LogP contribution is 2.16. The topological polar surface area (TPSA) is 50.2 Å². The first kappa shape index (κ1) is 14.3. The molecule has 1 atom stereocenters. The molecule has 1 N–H and O–H groups in total. The lowest BCUT2D eigenvalue weighted by Crippen LogP contribution is -2.19. The summed E-state index contributed by atoms with van der Waals surface area (Å²) in [4.78, 5) is 15.6. The van der Waals surface area contributed by atoms with Crippen LogP contribution in [0.25, 0.3) is 0 Å². The smallest absolute Gasteiger partial charge is 0.307 e. The first-order valence-corrected chi connectivity index (χ1v) is 6.73. The van der Waals surface area contributed by atoms with Crippen molar-refractivity contribution in [1.82, 2.24) is 4.98 Å². The van der Waals surface area contributed by atoms with Gasteiger partial charge in [0.25, 0.3) is 0 Å². The summed E-state index contributed by atoms with van der Waals surface area (Å²) in [6.45, 7) is 3.99. The number of hydrogen-bond donors (Lipinski definition) is 1. The maximum atomic E-state index is 11.4. The number of rotatable bonds is 5. The van der Waals surface area contributed by atoms with Crippen LogP contribution in [0.4, 0.5) is 0 Å². The van der Waals surface area contributed by atoms with Gasteiger partial charge in [0.05, 0.1) is 5.92 Å². The first-order valence-electron chi connectivity index (χ1n) is 6.73. The molecule has 2 rings (SSSR count). The zero-order chi connectivity index (χ0) is 14.5. The number of carboxylic acids is 1. The Kier molecular flexibility index (Phi) is 4.51. The van der Waals surface area contributed by atoms with E-state index in [1.165, 1.54) is 5.56 Å². The molecule has 0 saturated heterocycles. The second-order valence-electron chi connectivity index (χ2n) is 5.30. The summed E-state index contributed by atoms with van der Waals surface area (Å²) in [6.07, 6.45) is 4.58. The van der Waals surface area contributed by atoms with Crippen LogP contribution in [-0.4, -0.2) is 16.1 Å². The van der Waals surface area contributed by atoms with E-state index in [1.807, 2.05) is 44.2 Å². The third-order valence-electron chi connectivity index (χ3n) is 3.37. The number of hydrogen-bond acceptors (Lipinski definition) is 2. The highest BCUT2D eigenvalue weighted by atomic mass is 16.4. The lowest BCUT2D eigenvalue weighted by atomic mass is 9.92. The van der Waals surface area contributed by atoms with Gasteiger partial charge in [0.2, 0.25) is 0 Å². The second-order valence-corrected chi connectivity index (χ2v) is 5.30. The number of aliphatic carboxylic acids is 1. The summed E-state index contributed by atoms with van der Waals surface area (Å²) in [5.41, 5.74) is 4.28. The summed E-state index contributed by atoms with van der Waals surface area (Å²) in [5.74, 6) is -1.17. The van der Waals surface area contributed by atoms with E-state index < -0.39 is 11.9 Å². The fraction of sp³-hybridized carbons (Fsp3) is 0.294. The number of aryl methyl sites for hydroxylation is 2. The molecule has 0 aliphatic carbocycles. The van der Waals surface area contributed by atoms with Crippen molar-refractivity contribution in [2.45, 2.75) is 26.7 Å². The van der Waals surface area contributed by atoms with Gasteiger partial charge in [0, 0.05) is 12.4 Å². The van der Waals surface area contributed by atoms with Gasteiger partial charge in [0.1, 0.15) is 0 Å². The van der Waals surface area contributed by atoms with E-state index in [0.29, 0.717) is 12.8 Å². The highest BCUT2D eigenvalue weighted by Gasteiger charge is 2.18. The molecule has 0 radical (unpaired) electrons. The van der Waals surface area contributed by atoms with E-state index >= 15 is 0 Å². The Morgan fingerprint density at radius 3 is 2.30 bits per heavy atom. The van der Waals surface area contributed by atoms with Crippen LogP contribution >= 0.6 is 0 Å². The number of aromatic nitrogens is 1. The molecule has 0 bridgehead atoms. The average Bonchev–Trinajstić information content (AvgIpc) is 2.40. The van der Waals surface area contributed by atoms with Gasteiger partial charge in [-0.15, -0.1) is 0 Å². The third kappa shape index (κ3) is 3.92. The third-order valence-corrected chi connectivity index (χ3v) is 3.37. The minimum Gasteiger partial charge on any atom is -0.481 e. The Hall–Kier alpha value is -2.16. The van der Waals surface area contributed by atoms with Crippen molar-refractivity contribution in [2.75, 3.05) is 0 Å². The van der Waals surface area contributed by atoms with Crippen molar-refractivity contribution in [2.24, 2.45) is 5.92 Å². The van der Waals surface area contributed by atoms with Crippen molar-refractivity contribution >= 4 is 5.97 Å². The van der Waals surface area contributed by atoms with Crippen LogP contribution in [0.2, 0.25) is 0 Å². The standard InChI is InChI=1S/C17H19NO2/c1-12-3-5-14(6-4-12)8-16(17(19)20)9-15-7-13(2)10-18-11-15/h3-7,10-11,16H,8-9H2,1-2H3,(H,19,20). The van der Waals surface area contributed by atoms with Crippen molar-refractivity contribution in [3.05, 3.63) is 65.0 Å². The van der Waals surface area contributed by atoms with Crippen LogP contribution in [0.1, 0.15) is 22.3 Å². The molecule has 3 heteroatoms. The Morgan fingerprint density at radius 1 is 1.05 bits per heavy atom. The van der Waals surface area contributed by atoms with Gasteiger partial charge in [-0.05, 0) is 43.4 Å². The molecule has 3 nitrogen and oxygen atoms in total. The summed E-state index contributed by atoms with van der Waals surface area (Å²) in [6, 6.07) is 10.0. The summed E-state index contributed by atoms with van der Waals surface area (Å²) in [5, 5.41) is 9.40. The van der Waals surface area contributed by atoms with Crippen LogP contribution in [0.3, 0.4) is 0 Å². The van der Waals surface area contributed by atoms with Crippen LogP contribution in [0.15, 0.2) is 42.7 Å². The van der Waals surface area contributed by atoms with E-state index in [1.54, 1.807) is 12.4 Å². The number of carbonyl (C=O) groups is 1. The minimum absolute atomic E-state index is 0.415. The summed E-state index contributed by atoms with van der Waals surface area (Å²) >= 11 is 0. The van der Waals surface area contributed by atoms with Crippen LogP contribution in [0.5, 0.6) is 0 Å². The molecule has 0 aliphatic rings. The predicted molar refractivity (Wildman–Crippen MR) is 78.7 cm³/mol. The van der Waals surface area contributed by atoms with Crippen LogP contribution < -0.4 is 0 Å². The Bertz CT molecular complexity index is 590. The average molecular weight is 269 g/mol. The van der Waals surface area contributed by atoms with Gasteiger partial charge < -0.3 is 5.11 Å². The highest BCUT2D eigenvalue weighted by molar-refractivity contribution is 5.70. The number of nitrogens with zero attached hydrogens (tertiary/aromatic N) is 1. The molecule has 104 valence electrons. The zero-order valence-corrected chi connectivity index (χ0v) is 11.8. The molecule has 1 aromatic carbocycles. The van der Waals surface area contributed by atoms with Gasteiger partial charge in [-0.3, -0.25) is 9.78 Å². The van der Waals surface area contributed by atoms with Gasteiger partial charge in [-0.25, -0.2) is 0 Å². The molecule has 1 aromatic heterocycles. The van der Waals surface area contributed by atoms with E-state index in [0.717, 1.165) is 16.7 Å². The molecule has 0 saturated carbocycles. The quantitative estimate of drug-likeness (QED) is 0.907. The molecular formula is C17H19NO2. The fourth-order valence-electron chi connectivity index (χ4n) is 2.27. The summed E-state index contributed by atoms with van der Waals surface area (Å²) in [7, 11) is 0. The van der Waals surface area contributed by atoms with Gasteiger partial charge in [-0.1, -0.05) is 35.9 Å². The SMILES string of the molecule is Cc1ccc(CC(Cc2cncc(C)c2)C(=O)O)cc1. The second kappa shape index (κ2) is 6.33. The molecule has 20 heavy (non-hydrogen) atoms. The molecule has 1 unspecified atom stereocenters. The predicted octanol–water partition coefficient (Wildman–Crippen LogP) is 3.18. The van der Waals surface area contributed by atoms with Gasteiger partial charge in [0.15, 0.2) is 0 Å². The van der Waals surface area contributed by atoms with E-state index in [2.05, 4.69) is 4.98 Å². The number of carboxylic acid groups (broad SMARTS) is 1. The van der Waals surface area contributed by atoms with Gasteiger partial charge in [-0.2, -0.15) is 0 Å². The number of benzene rings is 1. The maximum absolute atomic E-state index is 11.4. The van der Waals surface area contributed by atoms with Crippen LogP contribution in [0, 0.1) is 19.8 Å². The van der Waals surface area contributed by atoms with Crippen molar-refractivity contribution in [3.63, 3.8) is 0 Å². The molecule has 1 heterocycles. The monoisotopic (exact) mass is 269 g/mol. The number of pyridine rings is 1. The van der Waals surface area contributed by atoms with Crippen molar-refractivity contribution in [1.29, 1.82) is 0 Å². The molecule has 0 aliphatic heterocycles. The molecule has 0 spiro atoms. The fourth-order valence-corrected chi connectivity index (χ4v) is 2.27. The molecule has 0 fully saturated rings. The molecule has 2 aromatic rings. The van der Waals surface area contributed by atoms with E-state index in [9.17, 15) is 9.90 Å². The largest absolute Gasteiger partial charge is 0.481 e. The van der Waals surface area contributed by atoms with Crippen molar-refractivity contribution < 1.29 is 9.90 Å². The lowest BCUT2D eigenvalue weighted by Gasteiger charge is -2.13. The maximum Gasteiger partial charge on any atom is 0.307 e. The van der Waals surface area contributed by atoms with Crippen molar-refractivity contribution in [3.8, 4) is 0 Å². The van der Waals surface area contributed by atoms with E-state index in [-0.39, 0.29) is 0 Å². The molecular weight excluding hydrogens is 250 g/mol. The Balaban J connectivity index is 2.11. The Labute approximate surface area is 119 Å². The minimum atomic E-state index is -0.757. The Morgan fingerprint density at radius 2 is 1.70 bits per heavy atom. The van der Waals surface area contributed by atoms with Crippen LogP contribution in [-0.2, 0) is 17.6 Å². The van der Waals surface area contributed by atoms with Gasteiger partial charge >= 0.3 is 5.97 Å². The molecule has 0 amide bonds. The summed E-state index contributed by atoms with van der Waals surface area (Å²) < 4.78 is 0. The first-order chi connectivity index (χ1) is 9.54. The lowest BCUT2D eigenvalue weighted by molar-refractivity contribution is -0.141. The zero-order valence-electron chi connectivity index (χ0n) is 11.8.